The summed E-state index contributed by atoms with van der Waals surface area (Å²) < 4.78 is 6.06. The Morgan fingerprint density at radius 1 is 1.08 bits per heavy atom. The normalized spacial score (nSPS) is 11.6. The lowest BCUT2D eigenvalue weighted by atomic mass is 9.89. The maximum Gasteiger partial charge on any atom is 0.326 e. The van der Waals surface area contributed by atoms with E-state index in [2.05, 4.69) is 17.2 Å². The maximum atomic E-state index is 13.6. The molecule has 0 fully saturated rings. The third kappa shape index (κ3) is 8.09. The first-order valence-corrected chi connectivity index (χ1v) is 14.1. The Morgan fingerprint density at radius 2 is 1.89 bits per heavy atom. The lowest BCUT2D eigenvalue weighted by Crippen LogP contribution is -2.41. The first kappa shape index (κ1) is 28.3. The van der Waals surface area contributed by atoms with Gasteiger partial charge in [0.05, 0.1) is 6.20 Å². The van der Waals surface area contributed by atoms with Gasteiger partial charge in [0, 0.05) is 11.8 Å². The molecular weight excluding hydrogens is 484 g/mol. The first-order chi connectivity index (χ1) is 17.9. The summed E-state index contributed by atoms with van der Waals surface area (Å²) in [4.78, 5) is 29.6. The van der Waals surface area contributed by atoms with Crippen LogP contribution in [0.25, 0.3) is 11.1 Å². The summed E-state index contributed by atoms with van der Waals surface area (Å²) in [5, 5.41) is 12.5. The van der Waals surface area contributed by atoms with Crippen molar-refractivity contribution in [2.45, 2.75) is 58.6 Å². The van der Waals surface area contributed by atoms with Crippen LogP contribution in [0.1, 0.15) is 59.7 Å². The molecule has 2 aromatic carbocycles. The number of amides is 1. The smallest absolute Gasteiger partial charge is 0.326 e. The van der Waals surface area contributed by atoms with Crippen LogP contribution in [0.2, 0.25) is 0 Å². The van der Waals surface area contributed by atoms with E-state index < -0.39 is 12.0 Å². The Labute approximate surface area is 223 Å². The van der Waals surface area contributed by atoms with Crippen molar-refractivity contribution in [1.29, 1.82) is 0 Å². The van der Waals surface area contributed by atoms with Gasteiger partial charge in [-0.1, -0.05) is 44.0 Å². The van der Waals surface area contributed by atoms with Crippen LogP contribution in [-0.2, 0) is 17.8 Å². The number of pyridine rings is 1. The predicted octanol–water partition coefficient (Wildman–Crippen LogP) is 6.30. The summed E-state index contributed by atoms with van der Waals surface area (Å²) >= 11 is 1.56. The monoisotopic (exact) mass is 520 g/mol. The van der Waals surface area contributed by atoms with Crippen molar-refractivity contribution >= 4 is 23.6 Å². The number of thioether (sulfide) groups is 1. The zero-order valence-electron chi connectivity index (χ0n) is 21.8. The number of aromatic nitrogens is 1. The van der Waals surface area contributed by atoms with Crippen molar-refractivity contribution in [3.63, 3.8) is 0 Å². The van der Waals surface area contributed by atoms with E-state index in [-0.39, 0.29) is 5.91 Å². The lowest BCUT2D eigenvalue weighted by Gasteiger charge is -2.20. The standard InChI is InChI=1S/C30H36N2O4S/c1-4-5-6-11-22-17-27(29(33)32-28(30(34)35)14-16-37-3)26(25-13-8-7-10-21(25)2)18-23(22)20-36-24-12-9-15-31-19-24/h7-10,12-13,15,17-19,28H,4-6,11,14,16,20H2,1-3H3,(H,32,33)(H,34,35). The highest BCUT2D eigenvalue weighted by Crippen LogP contribution is 2.31. The molecule has 37 heavy (non-hydrogen) atoms. The number of nitrogens with one attached hydrogen (secondary N) is 1. The molecule has 0 saturated heterocycles. The molecule has 6 nitrogen and oxygen atoms in total. The van der Waals surface area contributed by atoms with Gasteiger partial charge in [-0.15, -0.1) is 0 Å². The molecule has 0 saturated carbocycles. The van der Waals surface area contributed by atoms with E-state index in [0.29, 0.717) is 30.1 Å². The number of aryl methyl sites for hydroxylation is 2. The third-order valence-electron chi connectivity index (χ3n) is 6.31. The van der Waals surface area contributed by atoms with Gasteiger partial charge in [-0.05, 0) is 90.3 Å². The van der Waals surface area contributed by atoms with Crippen molar-refractivity contribution in [3.8, 4) is 16.9 Å². The van der Waals surface area contributed by atoms with Crippen LogP contribution < -0.4 is 10.1 Å². The van der Waals surface area contributed by atoms with Crippen molar-refractivity contribution in [2.75, 3.05) is 12.0 Å². The molecule has 0 spiro atoms. The van der Waals surface area contributed by atoms with Gasteiger partial charge in [0.15, 0.2) is 0 Å². The Balaban J connectivity index is 2.06. The summed E-state index contributed by atoms with van der Waals surface area (Å²) in [5.74, 6) is -0.0681. The van der Waals surface area contributed by atoms with E-state index in [0.717, 1.165) is 53.5 Å². The van der Waals surface area contributed by atoms with Crippen LogP contribution in [-0.4, -0.2) is 40.0 Å². The van der Waals surface area contributed by atoms with E-state index >= 15 is 0 Å². The SMILES string of the molecule is CCCCCc1cc(C(=O)NC(CCSC)C(=O)O)c(-c2ccccc2C)cc1COc1cccnc1. The number of ether oxygens (including phenoxy) is 1. The van der Waals surface area contributed by atoms with Crippen molar-refractivity contribution in [3.05, 3.63) is 83.2 Å². The molecule has 3 aromatic rings. The van der Waals surface area contributed by atoms with Crippen LogP contribution in [0, 0.1) is 6.92 Å². The van der Waals surface area contributed by atoms with Gasteiger partial charge in [-0.2, -0.15) is 11.8 Å². The lowest BCUT2D eigenvalue weighted by molar-refractivity contribution is -0.139. The van der Waals surface area contributed by atoms with Gasteiger partial charge in [0.25, 0.3) is 5.91 Å². The number of carbonyl (C=O) groups is 2. The Bertz CT molecular complexity index is 1180. The molecule has 2 N–H and O–H groups in total. The van der Waals surface area contributed by atoms with Gasteiger partial charge in [-0.25, -0.2) is 4.79 Å². The average molecular weight is 521 g/mol. The molecule has 1 heterocycles. The van der Waals surface area contributed by atoms with Gasteiger partial charge in [0.2, 0.25) is 0 Å². The highest BCUT2D eigenvalue weighted by atomic mass is 32.2. The molecule has 0 aliphatic carbocycles. The minimum atomic E-state index is -1.02. The molecule has 1 amide bonds. The van der Waals surface area contributed by atoms with Crippen LogP contribution >= 0.6 is 11.8 Å². The Hall–Kier alpha value is -3.32. The molecule has 1 unspecified atom stereocenters. The van der Waals surface area contributed by atoms with Crippen LogP contribution in [0.15, 0.2) is 60.9 Å². The van der Waals surface area contributed by atoms with Gasteiger partial charge in [0.1, 0.15) is 18.4 Å². The quantitative estimate of drug-likeness (QED) is 0.242. The number of nitrogens with zero attached hydrogens (tertiary/aromatic N) is 1. The van der Waals surface area contributed by atoms with Gasteiger partial charge in [-0.3, -0.25) is 9.78 Å². The summed E-state index contributed by atoms with van der Waals surface area (Å²) in [6, 6.07) is 14.6. The molecular formula is C30H36N2O4S. The number of carboxylic acid groups (broad SMARTS) is 1. The van der Waals surface area contributed by atoms with E-state index in [1.165, 1.54) is 0 Å². The molecule has 0 radical (unpaired) electrons. The molecule has 196 valence electrons. The highest BCUT2D eigenvalue weighted by Gasteiger charge is 2.24. The van der Waals surface area contributed by atoms with Crippen LogP contribution in [0.5, 0.6) is 5.75 Å². The van der Waals surface area contributed by atoms with Crippen LogP contribution in [0.3, 0.4) is 0 Å². The number of benzene rings is 2. The molecule has 0 aliphatic rings. The zero-order chi connectivity index (χ0) is 26.6. The summed E-state index contributed by atoms with van der Waals surface area (Å²) in [6.45, 7) is 4.52. The fraction of sp³-hybridized carbons (Fsp3) is 0.367. The first-order valence-electron chi connectivity index (χ1n) is 12.7. The Morgan fingerprint density at radius 3 is 2.57 bits per heavy atom. The number of unbranched alkanes of at least 4 members (excludes halogenated alkanes) is 2. The average Bonchev–Trinajstić information content (AvgIpc) is 2.90. The molecule has 0 aliphatic heterocycles. The molecule has 0 bridgehead atoms. The largest absolute Gasteiger partial charge is 0.487 e. The fourth-order valence-electron chi connectivity index (χ4n) is 4.23. The summed E-state index contributed by atoms with van der Waals surface area (Å²) in [6.07, 6.45) is 9.65. The Kier molecular flexibility index (Phi) is 11.0. The van der Waals surface area contributed by atoms with E-state index in [9.17, 15) is 14.7 Å². The second kappa shape index (κ2) is 14.4. The van der Waals surface area contributed by atoms with E-state index in [1.54, 1.807) is 24.2 Å². The second-order valence-corrected chi connectivity index (χ2v) is 10.0. The van der Waals surface area contributed by atoms with Gasteiger partial charge < -0.3 is 15.2 Å². The summed E-state index contributed by atoms with van der Waals surface area (Å²) in [5.41, 5.74) is 5.27. The minimum absolute atomic E-state index is 0.347. The van der Waals surface area contributed by atoms with Gasteiger partial charge >= 0.3 is 5.97 Å². The highest BCUT2D eigenvalue weighted by molar-refractivity contribution is 7.98. The predicted molar refractivity (Wildman–Crippen MR) is 150 cm³/mol. The van der Waals surface area contributed by atoms with E-state index in [4.69, 9.17) is 4.74 Å². The number of carbonyl (C=O) groups excluding carboxylic acids is 1. The molecule has 7 heteroatoms. The minimum Gasteiger partial charge on any atom is -0.487 e. The molecule has 1 aromatic heterocycles. The summed E-state index contributed by atoms with van der Waals surface area (Å²) in [7, 11) is 0. The van der Waals surface area contributed by atoms with E-state index in [1.807, 2.05) is 61.7 Å². The zero-order valence-corrected chi connectivity index (χ0v) is 22.6. The number of carboxylic acids is 1. The number of aliphatic carboxylic acids is 1. The van der Waals surface area contributed by atoms with Crippen LogP contribution in [0.4, 0.5) is 0 Å². The number of rotatable bonds is 14. The van der Waals surface area contributed by atoms with Crippen molar-refractivity contribution in [2.24, 2.45) is 0 Å². The topological polar surface area (TPSA) is 88.5 Å². The second-order valence-electron chi connectivity index (χ2n) is 9.06. The molecule has 1 atom stereocenters. The van der Waals surface area contributed by atoms with Crippen molar-refractivity contribution < 1.29 is 19.4 Å². The third-order valence-corrected chi connectivity index (χ3v) is 6.96. The number of hydrogen-bond donors (Lipinski definition) is 2. The number of hydrogen-bond acceptors (Lipinski definition) is 5. The maximum absolute atomic E-state index is 13.6. The fourth-order valence-corrected chi connectivity index (χ4v) is 4.70. The molecule has 3 rings (SSSR count). The van der Waals surface area contributed by atoms with Crippen molar-refractivity contribution in [1.82, 2.24) is 10.3 Å².